The molecule has 3 heterocycles. The molecule has 3 aliphatic rings. The average molecular weight is 430 g/mol. The summed E-state index contributed by atoms with van der Waals surface area (Å²) in [6, 6.07) is 0. The quantitative estimate of drug-likeness (QED) is 0.628. The van der Waals surface area contributed by atoms with Gasteiger partial charge in [0.25, 0.3) is 0 Å². The molecule has 0 nitrogen and oxygen atoms in total. The Morgan fingerprint density at radius 3 is 1.12 bits per heavy atom. The third kappa shape index (κ3) is 3.98. The number of hydrogen-bond donors (Lipinski definition) is 0. The van der Waals surface area contributed by atoms with Gasteiger partial charge in [-0.25, -0.2) is 0 Å². The average Bonchev–Trinajstić information content (AvgIpc) is 2.08. The van der Waals surface area contributed by atoms with Crippen molar-refractivity contribution in [3.05, 3.63) is 0 Å². The van der Waals surface area contributed by atoms with E-state index in [1.165, 1.54) is 34.5 Å². The van der Waals surface area contributed by atoms with Gasteiger partial charge in [0, 0.05) is 0 Å². The van der Waals surface area contributed by atoms with Crippen LogP contribution < -0.4 is 0 Å². The van der Waals surface area contributed by atoms with Crippen molar-refractivity contribution in [2.24, 2.45) is 0 Å². The van der Waals surface area contributed by atoms with Crippen LogP contribution in [-0.2, 0) is 0 Å². The Morgan fingerprint density at radius 2 is 0.938 bits per heavy atom. The first-order valence-corrected chi connectivity index (χ1v) is 24.0. The minimum absolute atomic E-state index is 1.06. The van der Waals surface area contributed by atoms with Gasteiger partial charge in [-0.15, -0.1) is 0 Å². The minimum atomic E-state index is -1.33. The first-order chi connectivity index (χ1) is 7.90. The standard InChI is InChI=1S/3C3H6S2.In/c3*4-3-1-5-2-3;/h3*3-4H,1-2H2;/q;;;+3/p-3. The van der Waals surface area contributed by atoms with E-state index in [-0.39, 0.29) is 0 Å². The van der Waals surface area contributed by atoms with E-state index in [0.29, 0.717) is 0 Å². The molecule has 7 heteroatoms. The van der Waals surface area contributed by atoms with Crippen LogP contribution in [0, 0.1) is 0 Å². The van der Waals surface area contributed by atoms with Gasteiger partial charge in [-0.1, -0.05) is 0 Å². The molecule has 0 unspecified atom stereocenters. The monoisotopic (exact) mass is 430 g/mol. The Bertz CT molecular complexity index is 190. The molecule has 0 atom stereocenters. The molecule has 0 aromatic rings. The molecule has 3 aliphatic heterocycles. The zero-order valence-electron chi connectivity index (χ0n) is 9.00. The van der Waals surface area contributed by atoms with Gasteiger partial charge < -0.3 is 0 Å². The van der Waals surface area contributed by atoms with Crippen molar-refractivity contribution in [3.8, 4) is 0 Å². The topological polar surface area (TPSA) is 0 Å². The molecule has 3 fully saturated rings. The summed E-state index contributed by atoms with van der Waals surface area (Å²) in [4.78, 5) is 0. The fraction of sp³-hybridized carbons (Fsp3) is 1.00. The van der Waals surface area contributed by atoms with Crippen LogP contribution in [-0.4, -0.2) is 67.4 Å². The summed E-state index contributed by atoms with van der Waals surface area (Å²) in [5.74, 6) is 8.74. The van der Waals surface area contributed by atoms with Gasteiger partial charge in [0.15, 0.2) is 0 Å². The van der Waals surface area contributed by atoms with Crippen molar-refractivity contribution in [1.82, 2.24) is 0 Å². The van der Waals surface area contributed by atoms with Crippen molar-refractivity contribution in [2.45, 2.75) is 15.7 Å². The summed E-state index contributed by atoms with van der Waals surface area (Å²) in [5.41, 5.74) is 0. The molecule has 0 bridgehead atoms. The number of hydrogen-bond acceptors (Lipinski definition) is 6. The Morgan fingerprint density at radius 1 is 0.625 bits per heavy atom. The molecule has 90 valence electrons. The summed E-state index contributed by atoms with van der Waals surface area (Å²) < 4.78 is 0. The summed E-state index contributed by atoms with van der Waals surface area (Å²) in [7, 11) is 7.45. The normalized spacial score (nSPS) is 27.0. The van der Waals surface area contributed by atoms with Crippen molar-refractivity contribution in [3.63, 3.8) is 0 Å². The SMILES string of the molecule is C1SCC1[S][In]([S]C1CSC1)[S]C1CSC1. The first kappa shape index (κ1) is 13.9. The molecular weight excluding hydrogens is 415 g/mol. The molecule has 0 N–H and O–H groups in total. The molecule has 3 saturated heterocycles. The molecule has 16 heavy (non-hydrogen) atoms. The summed E-state index contributed by atoms with van der Waals surface area (Å²) in [6.45, 7) is 0. The molecular formula is C9H15InS6. The van der Waals surface area contributed by atoms with E-state index < -0.39 is 17.1 Å². The fourth-order valence-corrected chi connectivity index (χ4v) is 52.2. The van der Waals surface area contributed by atoms with Crippen LogP contribution >= 0.6 is 61.0 Å². The van der Waals surface area contributed by atoms with Crippen LogP contribution in [0.5, 0.6) is 0 Å². The van der Waals surface area contributed by atoms with Gasteiger partial charge >= 0.3 is 128 Å². The Kier molecular flexibility index (Phi) is 6.19. The molecule has 3 rings (SSSR count). The maximum absolute atomic E-state index is 2.48. The van der Waals surface area contributed by atoms with Crippen molar-refractivity contribution < 1.29 is 0 Å². The van der Waals surface area contributed by atoms with E-state index in [2.05, 4.69) is 61.0 Å². The van der Waals surface area contributed by atoms with Crippen molar-refractivity contribution in [1.29, 1.82) is 0 Å². The predicted molar refractivity (Wildman–Crippen MR) is 91.9 cm³/mol. The van der Waals surface area contributed by atoms with Crippen LogP contribution in [0.2, 0.25) is 0 Å². The third-order valence-electron chi connectivity index (χ3n) is 2.73. The summed E-state index contributed by atoms with van der Waals surface area (Å²) >= 11 is 5.12. The van der Waals surface area contributed by atoms with Crippen LogP contribution in [0.1, 0.15) is 0 Å². The van der Waals surface area contributed by atoms with Gasteiger partial charge in [-0.2, -0.15) is 0 Å². The van der Waals surface area contributed by atoms with E-state index in [1.807, 2.05) is 0 Å². The molecule has 0 radical (unpaired) electrons. The molecule has 0 saturated carbocycles. The van der Waals surface area contributed by atoms with E-state index in [1.54, 1.807) is 0 Å². The zero-order chi connectivity index (χ0) is 10.8. The molecule has 0 amide bonds. The molecule has 0 aromatic heterocycles. The Balaban J connectivity index is 1.44. The summed E-state index contributed by atoms with van der Waals surface area (Å²) in [6.07, 6.45) is 0. The predicted octanol–water partition coefficient (Wildman–Crippen LogP) is 3.52. The second kappa shape index (κ2) is 7.11. The Labute approximate surface area is 127 Å². The van der Waals surface area contributed by atoms with Gasteiger partial charge in [-0.05, 0) is 0 Å². The van der Waals surface area contributed by atoms with Crippen LogP contribution in [0.4, 0.5) is 0 Å². The van der Waals surface area contributed by atoms with E-state index in [9.17, 15) is 0 Å². The van der Waals surface area contributed by atoms with Gasteiger partial charge in [0.05, 0.1) is 0 Å². The van der Waals surface area contributed by atoms with Crippen molar-refractivity contribution in [2.75, 3.05) is 34.5 Å². The second-order valence-electron chi connectivity index (χ2n) is 4.18. The fourth-order valence-electron chi connectivity index (χ4n) is 1.45. The molecule has 0 spiro atoms. The van der Waals surface area contributed by atoms with Crippen LogP contribution in [0.25, 0.3) is 0 Å². The number of thioether (sulfide) groups is 3. The van der Waals surface area contributed by atoms with Crippen LogP contribution in [0.15, 0.2) is 0 Å². The van der Waals surface area contributed by atoms with Crippen LogP contribution in [0.3, 0.4) is 0 Å². The maximum atomic E-state index is 2.48. The third-order valence-corrected chi connectivity index (χ3v) is 39.7. The Hall–Kier alpha value is 2.97. The second-order valence-corrected chi connectivity index (χ2v) is 34.3. The van der Waals surface area contributed by atoms with Gasteiger partial charge in [0.1, 0.15) is 0 Å². The molecule has 0 aromatic carbocycles. The van der Waals surface area contributed by atoms with Gasteiger partial charge in [0.2, 0.25) is 0 Å². The van der Waals surface area contributed by atoms with Gasteiger partial charge in [-0.3, -0.25) is 0 Å². The van der Waals surface area contributed by atoms with E-state index in [0.717, 1.165) is 15.7 Å². The van der Waals surface area contributed by atoms with E-state index in [4.69, 9.17) is 0 Å². The van der Waals surface area contributed by atoms with Crippen molar-refractivity contribution >= 4 is 78.1 Å². The number of rotatable bonds is 6. The summed E-state index contributed by atoms with van der Waals surface area (Å²) in [5, 5.41) is 3.18. The molecule has 0 aliphatic carbocycles. The van der Waals surface area contributed by atoms with E-state index >= 15 is 0 Å². The zero-order valence-corrected chi connectivity index (χ0v) is 17.2. The first-order valence-electron chi connectivity index (χ1n) is 5.60.